The maximum absolute atomic E-state index is 11.8. The molecule has 0 aliphatic carbocycles. The van der Waals surface area contributed by atoms with Crippen molar-refractivity contribution in [1.29, 1.82) is 0 Å². The molecule has 0 atom stereocenters. The van der Waals surface area contributed by atoms with E-state index < -0.39 is 5.97 Å². The van der Waals surface area contributed by atoms with Crippen LogP contribution in [-0.4, -0.2) is 41.6 Å². The molecular weight excluding hydrogens is 246 g/mol. The Morgan fingerprint density at radius 1 is 1.21 bits per heavy atom. The number of rotatable bonds is 5. The Morgan fingerprint density at radius 3 is 2.58 bits per heavy atom. The van der Waals surface area contributed by atoms with Crippen molar-refractivity contribution in [3.05, 3.63) is 29.8 Å². The van der Waals surface area contributed by atoms with Gasteiger partial charge in [-0.05, 0) is 18.9 Å². The van der Waals surface area contributed by atoms with Crippen LogP contribution in [0.5, 0.6) is 5.75 Å². The molecule has 0 saturated carbocycles. The summed E-state index contributed by atoms with van der Waals surface area (Å²) in [6.07, 6.45) is 1.98. The van der Waals surface area contributed by atoms with E-state index in [1.54, 1.807) is 29.2 Å². The van der Waals surface area contributed by atoms with Crippen LogP contribution in [0.1, 0.15) is 18.4 Å². The van der Waals surface area contributed by atoms with E-state index in [4.69, 9.17) is 9.84 Å². The van der Waals surface area contributed by atoms with Crippen LogP contribution in [0.2, 0.25) is 0 Å². The van der Waals surface area contributed by atoms with E-state index in [0.717, 1.165) is 25.9 Å². The van der Waals surface area contributed by atoms with Crippen LogP contribution in [-0.2, 0) is 16.0 Å². The molecule has 5 heteroatoms. The van der Waals surface area contributed by atoms with Gasteiger partial charge in [-0.15, -0.1) is 0 Å². The number of aliphatic carboxylic acids is 1. The number of carboxylic acid groups (broad SMARTS) is 1. The summed E-state index contributed by atoms with van der Waals surface area (Å²) in [6.45, 7) is 1.55. The third-order valence-corrected chi connectivity index (χ3v) is 3.12. The minimum atomic E-state index is -0.915. The normalized spacial score (nSPS) is 14.4. The van der Waals surface area contributed by atoms with Crippen LogP contribution in [0.3, 0.4) is 0 Å². The van der Waals surface area contributed by atoms with Gasteiger partial charge in [-0.1, -0.05) is 18.2 Å². The van der Waals surface area contributed by atoms with E-state index in [-0.39, 0.29) is 18.9 Å². The Balaban J connectivity index is 1.94. The fourth-order valence-corrected chi connectivity index (χ4v) is 2.15. The number of carboxylic acids is 1. The van der Waals surface area contributed by atoms with Gasteiger partial charge in [0, 0.05) is 18.7 Å². The first-order valence-electron chi connectivity index (χ1n) is 6.37. The lowest BCUT2D eigenvalue weighted by Crippen LogP contribution is -2.32. The smallest absolute Gasteiger partial charge is 0.307 e. The molecule has 0 bridgehead atoms. The summed E-state index contributed by atoms with van der Waals surface area (Å²) in [5.74, 6) is -0.484. The first kappa shape index (κ1) is 13.4. The predicted octanol–water partition coefficient (Wildman–Crippen LogP) is 1.31. The second-order valence-electron chi connectivity index (χ2n) is 4.55. The molecular formula is C14H17NO4. The van der Waals surface area contributed by atoms with Gasteiger partial charge in [-0.3, -0.25) is 9.59 Å². The largest absolute Gasteiger partial charge is 0.483 e. The van der Waals surface area contributed by atoms with Crippen LogP contribution >= 0.6 is 0 Å². The summed E-state index contributed by atoms with van der Waals surface area (Å²) in [5, 5.41) is 8.81. The fraction of sp³-hybridized carbons (Fsp3) is 0.429. The van der Waals surface area contributed by atoms with Crippen molar-refractivity contribution in [3.8, 4) is 5.75 Å². The van der Waals surface area contributed by atoms with Crippen LogP contribution in [0, 0.1) is 0 Å². The Labute approximate surface area is 111 Å². The minimum Gasteiger partial charge on any atom is -0.483 e. The van der Waals surface area contributed by atoms with Gasteiger partial charge in [0.1, 0.15) is 5.75 Å². The molecule has 102 valence electrons. The number of amides is 1. The van der Waals surface area contributed by atoms with Crippen molar-refractivity contribution in [3.63, 3.8) is 0 Å². The minimum absolute atomic E-state index is 0.0311. The topological polar surface area (TPSA) is 66.8 Å². The molecule has 1 saturated heterocycles. The molecule has 0 spiro atoms. The SMILES string of the molecule is O=C(O)Cc1ccccc1OCC(=O)N1CCCC1. The van der Waals surface area contributed by atoms with E-state index in [1.165, 1.54) is 0 Å². The first-order chi connectivity index (χ1) is 9.16. The third-order valence-electron chi connectivity index (χ3n) is 3.12. The van der Waals surface area contributed by atoms with Gasteiger partial charge in [0.2, 0.25) is 0 Å². The second kappa shape index (κ2) is 6.22. The molecule has 2 rings (SSSR count). The number of hydrogen-bond donors (Lipinski definition) is 1. The molecule has 1 heterocycles. The summed E-state index contributed by atoms with van der Waals surface area (Å²) in [5.41, 5.74) is 0.587. The lowest BCUT2D eigenvalue weighted by Gasteiger charge is -2.16. The lowest BCUT2D eigenvalue weighted by atomic mass is 10.1. The number of ether oxygens (including phenoxy) is 1. The molecule has 19 heavy (non-hydrogen) atoms. The van der Waals surface area contributed by atoms with Crippen LogP contribution in [0.4, 0.5) is 0 Å². The van der Waals surface area contributed by atoms with Crippen molar-refractivity contribution in [2.24, 2.45) is 0 Å². The quantitative estimate of drug-likeness (QED) is 0.870. The zero-order valence-electron chi connectivity index (χ0n) is 10.7. The van der Waals surface area contributed by atoms with Gasteiger partial charge in [0.05, 0.1) is 6.42 Å². The number of likely N-dealkylation sites (tertiary alicyclic amines) is 1. The van der Waals surface area contributed by atoms with Crippen LogP contribution in [0.15, 0.2) is 24.3 Å². The molecule has 1 N–H and O–H groups in total. The second-order valence-corrected chi connectivity index (χ2v) is 4.55. The Hall–Kier alpha value is -2.04. The average Bonchev–Trinajstić information content (AvgIpc) is 2.90. The molecule has 0 aromatic heterocycles. The first-order valence-corrected chi connectivity index (χ1v) is 6.37. The molecule has 1 aliphatic heterocycles. The zero-order valence-corrected chi connectivity index (χ0v) is 10.7. The standard InChI is InChI=1S/C14H17NO4/c16-13(15-7-3-4-8-15)10-19-12-6-2-1-5-11(12)9-14(17)18/h1-2,5-6H,3-4,7-10H2,(H,17,18). The van der Waals surface area contributed by atoms with Crippen molar-refractivity contribution in [2.45, 2.75) is 19.3 Å². The number of carbonyl (C=O) groups excluding carboxylic acids is 1. The van der Waals surface area contributed by atoms with Crippen molar-refractivity contribution in [2.75, 3.05) is 19.7 Å². The molecule has 0 radical (unpaired) electrons. The average molecular weight is 263 g/mol. The Kier molecular flexibility index (Phi) is 4.39. The number of benzene rings is 1. The van der Waals surface area contributed by atoms with E-state index in [0.29, 0.717) is 11.3 Å². The summed E-state index contributed by atoms with van der Waals surface area (Å²) in [7, 11) is 0. The molecule has 1 aromatic rings. The van der Waals surface area contributed by atoms with Crippen molar-refractivity contribution < 1.29 is 19.4 Å². The highest BCUT2D eigenvalue weighted by Gasteiger charge is 2.18. The zero-order chi connectivity index (χ0) is 13.7. The Morgan fingerprint density at radius 2 is 1.89 bits per heavy atom. The number of nitrogens with zero attached hydrogens (tertiary/aromatic N) is 1. The van der Waals surface area contributed by atoms with Gasteiger partial charge in [0.25, 0.3) is 5.91 Å². The van der Waals surface area contributed by atoms with E-state index in [9.17, 15) is 9.59 Å². The monoisotopic (exact) mass is 263 g/mol. The molecule has 0 unspecified atom stereocenters. The number of carbonyl (C=O) groups is 2. The molecule has 1 fully saturated rings. The summed E-state index contributed by atoms with van der Waals surface area (Å²) < 4.78 is 5.46. The van der Waals surface area contributed by atoms with E-state index in [2.05, 4.69) is 0 Å². The molecule has 1 amide bonds. The van der Waals surface area contributed by atoms with Crippen molar-refractivity contribution in [1.82, 2.24) is 4.90 Å². The summed E-state index contributed by atoms with van der Waals surface area (Å²) in [6, 6.07) is 6.91. The maximum Gasteiger partial charge on any atom is 0.307 e. The van der Waals surface area contributed by atoms with Crippen molar-refractivity contribution >= 4 is 11.9 Å². The van der Waals surface area contributed by atoms with Gasteiger partial charge < -0.3 is 14.7 Å². The van der Waals surface area contributed by atoms with Gasteiger partial charge in [-0.2, -0.15) is 0 Å². The maximum atomic E-state index is 11.8. The van der Waals surface area contributed by atoms with Gasteiger partial charge >= 0.3 is 5.97 Å². The highest BCUT2D eigenvalue weighted by molar-refractivity contribution is 5.78. The molecule has 1 aliphatic rings. The van der Waals surface area contributed by atoms with Gasteiger partial charge in [-0.25, -0.2) is 0 Å². The van der Waals surface area contributed by atoms with Crippen LogP contribution in [0.25, 0.3) is 0 Å². The molecule has 5 nitrogen and oxygen atoms in total. The van der Waals surface area contributed by atoms with Gasteiger partial charge in [0.15, 0.2) is 6.61 Å². The van der Waals surface area contributed by atoms with E-state index in [1.807, 2.05) is 0 Å². The van der Waals surface area contributed by atoms with E-state index >= 15 is 0 Å². The number of para-hydroxylation sites is 1. The highest BCUT2D eigenvalue weighted by atomic mass is 16.5. The number of hydrogen-bond acceptors (Lipinski definition) is 3. The summed E-state index contributed by atoms with van der Waals surface area (Å²) in [4.78, 5) is 24.4. The highest BCUT2D eigenvalue weighted by Crippen LogP contribution is 2.19. The predicted molar refractivity (Wildman–Crippen MR) is 69.1 cm³/mol. The molecule has 1 aromatic carbocycles. The summed E-state index contributed by atoms with van der Waals surface area (Å²) >= 11 is 0. The Bertz CT molecular complexity index is 466. The third kappa shape index (κ3) is 3.71. The lowest BCUT2D eigenvalue weighted by molar-refractivity contribution is -0.136. The van der Waals surface area contributed by atoms with Crippen LogP contribution < -0.4 is 4.74 Å². The fourth-order valence-electron chi connectivity index (χ4n) is 2.15.